The molecule has 2 rings (SSSR count). The van der Waals surface area contributed by atoms with Crippen molar-refractivity contribution in [2.45, 2.75) is 6.61 Å². The Labute approximate surface area is 99.7 Å². The Balaban J connectivity index is 2.02. The van der Waals surface area contributed by atoms with Gasteiger partial charge in [-0.15, -0.1) is 0 Å². The number of hydrogen-bond donors (Lipinski definition) is 2. The Bertz CT molecular complexity index is 476. The first-order chi connectivity index (χ1) is 8.25. The Hall–Kier alpha value is -1.85. The van der Waals surface area contributed by atoms with Crippen molar-refractivity contribution in [1.29, 1.82) is 0 Å². The molecule has 86 valence electrons. The monoisotopic (exact) mass is 229 g/mol. The van der Waals surface area contributed by atoms with Crippen LogP contribution in [0.1, 0.15) is 5.69 Å². The molecule has 5 heteroatoms. The number of nitrogens with zero attached hydrogens (tertiary/aromatic N) is 1. The molecule has 0 aliphatic carbocycles. The van der Waals surface area contributed by atoms with Gasteiger partial charge in [0.15, 0.2) is 0 Å². The Morgan fingerprint density at radius 2 is 2.00 bits per heavy atom. The standard InChI is InChI=1S/C12H12BNO3/c15-13(16)10-4-3-6-12(8-10)17-9-11-5-1-2-7-14-11/h1-8,15-16H,9H2. The van der Waals surface area contributed by atoms with E-state index >= 15 is 0 Å². The lowest BCUT2D eigenvalue weighted by atomic mass is 9.80. The maximum atomic E-state index is 9.02. The van der Waals surface area contributed by atoms with Crippen LogP contribution in [0.15, 0.2) is 48.7 Å². The highest BCUT2D eigenvalue weighted by molar-refractivity contribution is 6.58. The van der Waals surface area contributed by atoms with Crippen molar-refractivity contribution in [3.8, 4) is 5.75 Å². The summed E-state index contributed by atoms with van der Waals surface area (Å²) in [6.07, 6.45) is 1.70. The van der Waals surface area contributed by atoms with Crippen molar-refractivity contribution >= 4 is 12.6 Å². The van der Waals surface area contributed by atoms with Gasteiger partial charge in [0.1, 0.15) is 12.4 Å². The summed E-state index contributed by atoms with van der Waals surface area (Å²) < 4.78 is 5.50. The molecule has 1 aromatic heterocycles. The molecule has 0 radical (unpaired) electrons. The molecule has 2 aromatic rings. The van der Waals surface area contributed by atoms with Crippen molar-refractivity contribution in [2.24, 2.45) is 0 Å². The lowest BCUT2D eigenvalue weighted by Gasteiger charge is -2.07. The number of benzene rings is 1. The summed E-state index contributed by atoms with van der Waals surface area (Å²) >= 11 is 0. The summed E-state index contributed by atoms with van der Waals surface area (Å²) in [4.78, 5) is 4.13. The third-order valence-corrected chi connectivity index (χ3v) is 2.27. The molecular formula is C12H12BNO3. The fraction of sp³-hybridized carbons (Fsp3) is 0.0833. The number of rotatable bonds is 4. The summed E-state index contributed by atoms with van der Waals surface area (Å²) in [7, 11) is -1.48. The van der Waals surface area contributed by atoms with E-state index in [0.29, 0.717) is 17.8 Å². The SMILES string of the molecule is OB(O)c1cccc(OCc2ccccn2)c1. The van der Waals surface area contributed by atoms with Crippen LogP contribution in [0.4, 0.5) is 0 Å². The van der Waals surface area contributed by atoms with Crippen LogP contribution in [0.25, 0.3) is 0 Å². The van der Waals surface area contributed by atoms with E-state index in [1.807, 2.05) is 18.2 Å². The van der Waals surface area contributed by atoms with Crippen LogP contribution in [0, 0.1) is 0 Å². The van der Waals surface area contributed by atoms with Crippen LogP contribution in [0.2, 0.25) is 0 Å². The minimum atomic E-state index is -1.48. The van der Waals surface area contributed by atoms with E-state index in [2.05, 4.69) is 4.98 Å². The first kappa shape index (κ1) is 11.6. The maximum absolute atomic E-state index is 9.02. The van der Waals surface area contributed by atoms with Crippen LogP contribution >= 0.6 is 0 Å². The van der Waals surface area contributed by atoms with E-state index in [0.717, 1.165) is 5.69 Å². The van der Waals surface area contributed by atoms with Crippen molar-refractivity contribution < 1.29 is 14.8 Å². The van der Waals surface area contributed by atoms with Crippen molar-refractivity contribution in [1.82, 2.24) is 4.98 Å². The molecule has 4 nitrogen and oxygen atoms in total. The summed E-state index contributed by atoms with van der Waals surface area (Å²) in [5, 5.41) is 18.0. The van der Waals surface area contributed by atoms with Gasteiger partial charge >= 0.3 is 7.12 Å². The number of hydrogen-bond acceptors (Lipinski definition) is 4. The van der Waals surface area contributed by atoms with Crippen LogP contribution in [0.3, 0.4) is 0 Å². The summed E-state index contributed by atoms with van der Waals surface area (Å²) in [6, 6.07) is 12.3. The van der Waals surface area contributed by atoms with Crippen LogP contribution < -0.4 is 10.2 Å². The van der Waals surface area contributed by atoms with E-state index in [4.69, 9.17) is 14.8 Å². The predicted molar refractivity (Wildman–Crippen MR) is 64.8 cm³/mol. The fourth-order valence-electron chi connectivity index (χ4n) is 1.41. The molecule has 0 bridgehead atoms. The molecule has 0 aliphatic rings. The number of pyridine rings is 1. The van der Waals surface area contributed by atoms with Crippen LogP contribution in [0.5, 0.6) is 5.75 Å². The lowest BCUT2D eigenvalue weighted by Crippen LogP contribution is -2.29. The molecule has 0 aliphatic heterocycles. The molecule has 2 N–H and O–H groups in total. The van der Waals surface area contributed by atoms with Gasteiger partial charge in [-0.05, 0) is 29.7 Å². The van der Waals surface area contributed by atoms with Gasteiger partial charge in [-0.1, -0.05) is 18.2 Å². The third kappa shape index (κ3) is 3.30. The first-order valence-corrected chi connectivity index (χ1v) is 5.24. The van der Waals surface area contributed by atoms with Gasteiger partial charge in [0.25, 0.3) is 0 Å². The lowest BCUT2D eigenvalue weighted by molar-refractivity contribution is 0.301. The molecule has 1 aromatic carbocycles. The number of ether oxygens (including phenoxy) is 1. The zero-order valence-corrected chi connectivity index (χ0v) is 9.15. The summed E-state index contributed by atoms with van der Waals surface area (Å²) in [5.41, 5.74) is 1.23. The Morgan fingerprint density at radius 1 is 1.12 bits per heavy atom. The smallest absolute Gasteiger partial charge is 0.487 e. The fourth-order valence-corrected chi connectivity index (χ4v) is 1.41. The van der Waals surface area contributed by atoms with Crippen molar-refractivity contribution in [2.75, 3.05) is 0 Å². The first-order valence-electron chi connectivity index (χ1n) is 5.24. The Morgan fingerprint density at radius 3 is 2.71 bits per heavy atom. The molecule has 0 spiro atoms. The Kier molecular flexibility index (Phi) is 3.75. The maximum Gasteiger partial charge on any atom is 0.488 e. The zero-order valence-electron chi connectivity index (χ0n) is 9.15. The minimum absolute atomic E-state index is 0.353. The van der Waals surface area contributed by atoms with Gasteiger partial charge in [0.2, 0.25) is 0 Å². The molecule has 1 heterocycles. The van der Waals surface area contributed by atoms with E-state index in [1.165, 1.54) is 0 Å². The van der Waals surface area contributed by atoms with Gasteiger partial charge in [-0.25, -0.2) is 0 Å². The topological polar surface area (TPSA) is 62.6 Å². The van der Waals surface area contributed by atoms with Crippen molar-refractivity contribution in [3.05, 3.63) is 54.4 Å². The van der Waals surface area contributed by atoms with E-state index in [1.54, 1.807) is 30.5 Å². The van der Waals surface area contributed by atoms with Gasteiger partial charge in [0, 0.05) is 6.20 Å². The van der Waals surface area contributed by atoms with Gasteiger partial charge in [0.05, 0.1) is 5.69 Å². The van der Waals surface area contributed by atoms with Gasteiger partial charge in [-0.2, -0.15) is 0 Å². The van der Waals surface area contributed by atoms with Gasteiger partial charge < -0.3 is 14.8 Å². The average molecular weight is 229 g/mol. The zero-order chi connectivity index (χ0) is 12.1. The predicted octanol–water partition coefficient (Wildman–Crippen LogP) is 0.340. The van der Waals surface area contributed by atoms with Gasteiger partial charge in [-0.3, -0.25) is 4.98 Å². The van der Waals surface area contributed by atoms with E-state index in [9.17, 15) is 0 Å². The molecular weight excluding hydrogens is 217 g/mol. The molecule has 17 heavy (non-hydrogen) atoms. The normalized spacial score (nSPS) is 10.0. The molecule has 0 atom stereocenters. The number of aromatic nitrogens is 1. The molecule has 0 saturated heterocycles. The van der Waals surface area contributed by atoms with E-state index < -0.39 is 7.12 Å². The molecule has 0 saturated carbocycles. The highest BCUT2D eigenvalue weighted by Gasteiger charge is 2.10. The summed E-state index contributed by atoms with van der Waals surface area (Å²) in [6.45, 7) is 0.353. The third-order valence-electron chi connectivity index (χ3n) is 2.27. The quantitative estimate of drug-likeness (QED) is 0.742. The molecule has 0 unspecified atom stereocenters. The highest BCUT2D eigenvalue weighted by Crippen LogP contribution is 2.09. The summed E-state index contributed by atoms with van der Waals surface area (Å²) in [5.74, 6) is 0.584. The minimum Gasteiger partial charge on any atom is -0.487 e. The average Bonchev–Trinajstić information content (AvgIpc) is 2.38. The highest BCUT2D eigenvalue weighted by atomic mass is 16.5. The largest absolute Gasteiger partial charge is 0.488 e. The van der Waals surface area contributed by atoms with Crippen LogP contribution in [-0.2, 0) is 6.61 Å². The second-order valence-corrected chi connectivity index (χ2v) is 3.56. The second-order valence-electron chi connectivity index (χ2n) is 3.56. The van der Waals surface area contributed by atoms with E-state index in [-0.39, 0.29) is 0 Å². The van der Waals surface area contributed by atoms with Crippen molar-refractivity contribution in [3.63, 3.8) is 0 Å². The van der Waals surface area contributed by atoms with Crippen LogP contribution in [-0.4, -0.2) is 22.2 Å². The molecule has 0 amide bonds. The second kappa shape index (κ2) is 5.47. The molecule has 0 fully saturated rings.